The summed E-state index contributed by atoms with van der Waals surface area (Å²) >= 11 is 1.36. The van der Waals surface area contributed by atoms with E-state index in [0.717, 1.165) is 29.4 Å². The molecule has 7 heteroatoms. The average Bonchev–Trinajstić information content (AvgIpc) is 2.88. The molecule has 2 aromatic heterocycles. The first-order chi connectivity index (χ1) is 12.1. The molecule has 25 heavy (non-hydrogen) atoms. The Kier molecular flexibility index (Phi) is 4.17. The number of rotatable bonds is 3. The van der Waals surface area contributed by atoms with Crippen LogP contribution in [0.15, 0.2) is 34.1 Å². The number of anilines is 1. The van der Waals surface area contributed by atoms with Crippen LogP contribution in [0.3, 0.4) is 0 Å². The van der Waals surface area contributed by atoms with Crippen molar-refractivity contribution in [1.82, 2.24) is 13.5 Å². The number of fused-ring (bicyclic) bond motifs is 2. The number of aromatic nitrogens is 3. The van der Waals surface area contributed by atoms with Gasteiger partial charge in [-0.1, -0.05) is 18.2 Å². The van der Waals surface area contributed by atoms with Gasteiger partial charge in [-0.25, -0.2) is 13.7 Å². The van der Waals surface area contributed by atoms with Gasteiger partial charge in [-0.3, -0.25) is 9.55 Å². The molecule has 1 N–H and O–H groups in total. The van der Waals surface area contributed by atoms with E-state index in [9.17, 15) is 4.79 Å². The zero-order chi connectivity index (χ0) is 17.4. The van der Waals surface area contributed by atoms with Crippen molar-refractivity contribution in [2.75, 3.05) is 12.0 Å². The third-order valence-corrected chi connectivity index (χ3v) is 5.70. The van der Waals surface area contributed by atoms with Crippen molar-refractivity contribution in [2.45, 2.75) is 25.7 Å². The number of nitrogens with zero attached hydrogens (tertiary/aromatic N) is 4. The predicted molar refractivity (Wildman–Crippen MR) is 101 cm³/mol. The highest BCUT2D eigenvalue weighted by Crippen LogP contribution is 2.33. The molecular formula is C18H21N5OS. The highest BCUT2D eigenvalue weighted by molar-refractivity contribution is 7.03. The van der Waals surface area contributed by atoms with Crippen LogP contribution in [0.5, 0.6) is 0 Å². The van der Waals surface area contributed by atoms with E-state index in [0.29, 0.717) is 11.5 Å². The number of para-hydroxylation sites is 1. The fraction of sp³-hybridized carbons (Fsp3) is 0.389. The van der Waals surface area contributed by atoms with Gasteiger partial charge in [-0.15, -0.1) is 0 Å². The van der Waals surface area contributed by atoms with Gasteiger partial charge in [0.05, 0.1) is 11.2 Å². The Labute approximate surface area is 149 Å². The molecule has 0 saturated heterocycles. The van der Waals surface area contributed by atoms with E-state index in [-0.39, 0.29) is 5.69 Å². The normalized spacial score (nSPS) is 14.7. The van der Waals surface area contributed by atoms with Gasteiger partial charge in [0.2, 0.25) is 4.80 Å². The Balaban J connectivity index is 1.73. The Hall–Kier alpha value is -2.41. The topological polar surface area (TPSA) is 64.2 Å². The summed E-state index contributed by atoms with van der Waals surface area (Å²) in [6, 6.07) is 8.25. The lowest BCUT2D eigenvalue weighted by Crippen LogP contribution is -2.26. The number of benzene rings is 1. The summed E-state index contributed by atoms with van der Waals surface area (Å²) in [5, 5.41) is 4.64. The van der Waals surface area contributed by atoms with E-state index in [1.165, 1.54) is 35.6 Å². The van der Waals surface area contributed by atoms with Crippen LogP contribution in [-0.2, 0) is 26.9 Å². The quantitative estimate of drug-likeness (QED) is 0.783. The average molecular weight is 355 g/mol. The van der Waals surface area contributed by atoms with Crippen LogP contribution < -0.4 is 15.8 Å². The number of hydrogen-bond donors (Lipinski definition) is 1. The fourth-order valence-corrected chi connectivity index (χ4v) is 4.18. The van der Waals surface area contributed by atoms with Crippen molar-refractivity contribution in [1.29, 1.82) is 0 Å². The summed E-state index contributed by atoms with van der Waals surface area (Å²) in [5.74, 6) is 0. The van der Waals surface area contributed by atoms with Gasteiger partial charge in [0, 0.05) is 25.2 Å². The molecule has 0 bridgehead atoms. The van der Waals surface area contributed by atoms with Crippen LogP contribution in [-0.4, -0.2) is 20.2 Å². The first-order valence-electron chi connectivity index (χ1n) is 8.53. The third kappa shape index (κ3) is 2.89. The van der Waals surface area contributed by atoms with Gasteiger partial charge in [0.25, 0.3) is 0 Å². The molecule has 1 aliphatic carbocycles. The Morgan fingerprint density at radius 3 is 2.84 bits per heavy atom. The highest BCUT2D eigenvalue weighted by Gasteiger charge is 2.17. The standard InChI is InChI=1S/C18H21N5OS/c1-22-17(25-23(2)18(22)24)20-11-19-16-12-7-3-5-9-14(12)21-15-10-6-4-8-13(15)16/h3,5,7,9H,4,6,8,10-11H2,1-2H3,(H,19,21)/b20-17-. The fourth-order valence-electron chi connectivity index (χ4n) is 3.41. The van der Waals surface area contributed by atoms with Gasteiger partial charge >= 0.3 is 5.69 Å². The van der Waals surface area contributed by atoms with Crippen LogP contribution in [0.4, 0.5) is 5.69 Å². The molecule has 4 rings (SSSR count). The molecule has 2 heterocycles. The van der Waals surface area contributed by atoms with E-state index in [1.807, 2.05) is 12.1 Å². The van der Waals surface area contributed by atoms with Gasteiger partial charge in [-0.05, 0) is 48.8 Å². The Bertz CT molecular complexity index is 1060. The monoisotopic (exact) mass is 355 g/mol. The zero-order valence-corrected chi connectivity index (χ0v) is 15.3. The van der Waals surface area contributed by atoms with Crippen molar-refractivity contribution in [2.24, 2.45) is 19.1 Å². The minimum atomic E-state index is -0.0458. The maximum absolute atomic E-state index is 11.8. The minimum absolute atomic E-state index is 0.0458. The smallest absolute Gasteiger partial charge is 0.339 e. The van der Waals surface area contributed by atoms with Crippen molar-refractivity contribution in [3.63, 3.8) is 0 Å². The number of aryl methyl sites for hydroxylation is 2. The summed E-state index contributed by atoms with van der Waals surface area (Å²) in [4.78, 5) is 22.0. The van der Waals surface area contributed by atoms with Gasteiger partial charge in [-0.2, -0.15) is 0 Å². The van der Waals surface area contributed by atoms with Gasteiger partial charge in [0.15, 0.2) is 0 Å². The summed E-state index contributed by atoms with van der Waals surface area (Å²) in [7, 11) is 3.51. The van der Waals surface area contributed by atoms with E-state index in [4.69, 9.17) is 4.98 Å². The molecular weight excluding hydrogens is 334 g/mol. The molecule has 0 amide bonds. The molecule has 0 atom stereocenters. The molecule has 0 spiro atoms. The molecule has 3 aromatic rings. The van der Waals surface area contributed by atoms with Crippen molar-refractivity contribution in [3.8, 4) is 0 Å². The Morgan fingerprint density at radius 1 is 1.24 bits per heavy atom. The van der Waals surface area contributed by atoms with Crippen molar-refractivity contribution in [3.05, 3.63) is 50.8 Å². The van der Waals surface area contributed by atoms with E-state index < -0.39 is 0 Å². The third-order valence-electron chi connectivity index (χ3n) is 4.70. The van der Waals surface area contributed by atoms with Crippen LogP contribution in [0, 0.1) is 0 Å². The summed E-state index contributed by atoms with van der Waals surface area (Å²) in [6.07, 6.45) is 4.51. The second-order valence-electron chi connectivity index (χ2n) is 6.34. The molecule has 130 valence electrons. The summed E-state index contributed by atoms with van der Waals surface area (Å²) < 4.78 is 3.16. The SMILES string of the molecule is Cn1s/c(=N\CNc2c3c(nc4ccccc24)CCCC3)n(C)c1=O. The first-order valence-corrected chi connectivity index (χ1v) is 9.30. The summed E-state index contributed by atoms with van der Waals surface area (Å²) in [5.41, 5.74) is 4.67. The van der Waals surface area contributed by atoms with Crippen LogP contribution in [0.2, 0.25) is 0 Å². The van der Waals surface area contributed by atoms with Crippen LogP contribution in [0.25, 0.3) is 10.9 Å². The van der Waals surface area contributed by atoms with Crippen molar-refractivity contribution < 1.29 is 0 Å². The maximum atomic E-state index is 11.8. The molecule has 0 fully saturated rings. The molecule has 1 aromatic carbocycles. The summed E-state index contributed by atoms with van der Waals surface area (Å²) in [6.45, 7) is 0.439. The first kappa shape index (κ1) is 16.1. The zero-order valence-electron chi connectivity index (χ0n) is 14.5. The molecule has 0 radical (unpaired) electrons. The largest absolute Gasteiger partial charge is 0.365 e. The van der Waals surface area contributed by atoms with Crippen molar-refractivity contribution >= 4 is 28.1 Å². The predicted octanol–water partition coefficient (Wildman–Crippen LogP) is 2.18. The lowest BCUT2D eigenvalue weighted by Gasteiger charge is -2.21. The lowest BCUT2D eigenvalue weighted by atomic mass is 9.93. The van der Waals surface area contributed by atoms with Gasteiger partial charge < -0.3 is 5.32 Å². The van der Waals surface area contributed by atoms with Crippen LogP contribution >= 0.6 is 11.5 Å². The van der Waals surface area contributed by atoms with Gasteiger partial charge in [0.1, 0.15) is 6.67 Å². The maximum Gasteiger partial charge on any atom is 0.339 e. The molecule has 0 saturated carbocycles. The molecule has 1 aliphatic rings. The lowest BCUT2D eigenvalue weighted by molar-refractivity contribution is 0.672. The Morgan fingerprint density at radius 2 is 2.04 bits per heavy atom. The van der Waals surface area contributed by atoms with Crippen LogP contribution in [0.1, 0.15) is 24.1 Å². The molecule has 0 unspecified atom stereocenters. The van der Waals surface area contributed by atoms with E-state index in [1.54, 1.807) is 22.6 Å². The van der Waals surface area contributed by atoms with E-state index in [2.05, 4.69) is 22.4 Å². The highest BCUT2D eigenvalue weighted by atomic mass is 32.1. The molecule has 0 aliphatic heterocycles. The minimum Gasteiger partial charge on any atom is -0.365 e. The number of hydrogen-bond acceptors (Lipinski definition) is 5. The number of pyridine rings is 1. The second-order valence-corrected chi connectivity index (χ2v) is 7.44. The van der Waals surface area contributed by atoms with E-state index >= 15 is 0 Å². The molecule has 6 nitrogen and oxygen atoms in total. The number of nitrogens with one attached hydrogen (secondary N) is 1. The second kappa shape index (κ2) is 6.48.